The van der Waals surface area contributed by atoms with Crippen LogP contribution in [0.4, 0.5) is 4.39 Å². The molecule has 4 nitrogen and oxygen atoms in total. The van der Waals surface area contributed by atoms with E-state index in [2.05, 4.69) is 16.0 Å². The van der Waals surface area contributed by atoms with Gasteiger partial charge in [0.2, 0.25) is 0 Å². The van der Waals surface area contributed by atoms with Gasteiger partial charge < -0.3 is 5.02 Å². The summed E-state index contributed by atoms with van der Waals surface area (Å²) in [5, 5.41) is 10.5. The first-order valence-corrected chi connectivity index (χ1v) is 9.91. The van der Waals surface area contributed by atoms with Crippen molar-refractivity contribution < 1.29 is 14.2 Å². The minimum atomic E-state index is -0.538. The Labute approximate surface area is 168 Å². The number of nitrogens with zero attached hydrogens (tertiary/aromatic N) is 2. The molecule has 0 fully saturated rings. The Balaban J connectivity index is 1.64. The summed E-state index contributed by atoms with van der Waals surface area (Å²) in [6.45, 7) is 3.22. The molecule has 1 N–H and O–H groups in total. The van der Waals surface area contributed by atoms with Crippen LogP contribution >= 0.6 is 11.8 Å². The third-order valence-electron chi connectivity index (χ3n) is 4.33. The third kappa shape index (κ3) is 5.27. The Kier molecular flexibility index (Phi) is 6.59. The molecule has 2 aromatic carbocycles. The molecule has 0 saturated carbocycles. The smallest absolute Gasteiger partial charge is 0.320 e. The molecule has 0 unspecified atom stereocenters. The van der Waals surface area contributed by atoms with Gasteiger partial charge in [-0.3, -0.25) is 4.79 Å². The predicted molar refractivity (Wildman–Crippen MR) is 111 cm³/mol. The molecule has 0 saturated heterocycles. The number of Topliss-reactive ketones (excluding diaryl/α,β-unsaturated/α-hetero) is 1. The fourth-order valence-corrected chi connectivity index (χ4v) is 3.62. The van der Waals surface area contributed by atoms with Gasteiger partial charge in [-0.15, -0.1) is 0 Å². The predicted octanol–water partition coefficient (Wildman–Crippen LogP) is 3.46. The summed E-state index contributed by atoms with van der Waals surface area (Å²) in [5.74, 6) is 0.191. The lowest BCUT2D eigenvalue weighted by atomic mass is 9.62. The van der Waals surface area contributed by atoms with Gasteiger partial charge in [0.15, 0.2) is 10.9 Å². The normalized spacial score (nSPS) is 10.7. The highest BCUT2D eigenvalue weighted by atomic mass is 32.2. The minimum Gasteiger partial charge on any atom is -0.446 e. The van der Waals surface area contributed by atoms with Crippen LogP contribution in [-0.4, -0.2) is 27.7 Å². The van der Waals surface area contributed by atoms with Crippen molar-refractivity contribution in [1.82, 2.24) is 9.97 Å². The van der Waals surface area contributed by atoms with Crippen LogP contribution in [0.3, 0.4) is 0 Å². The Bertz CT molecular complexity index is 963. The van der Waals surface area contributed by atoms with Crippen LogP contribution in [0.25, 0.3) is 0 Å². The molecule has 0 spiro atoms. The molecule has 0 bridgehead atoms. The van der Waals surface area contributed by atoms with E-state index >= 15 is 0 Å². The first kappa shape index (κ1) is 20.2. The monoisotopic (exact) mass is 394 g/mol. The lowest BCUT2D eigenvalue weighted by Gasteiger charge is -2.10. The number of aryl methyl sites for hydroxylation is 1. The summed E-state index contributed by atoms with van der Waals surface area (Å²) in [5.41, 5.74) is 4.23. The van der Waals surface area contributed by atoms with Gasteiger partial charge in [-0.1, -0.05) is 54.5 Å². The van der Waals surface area contributed by atoms with E-state index in [0.717, 1.165) is 22.2 Å². The molecule has 28 heavy (non-hydrogen) atoms. The van der Waals surface area contributed by atoms with Crippen LogP contribution in [0.2, 0.25) is 6.82 Å². The Morgan fingerprint density at radius 2 is 1.82 bits per heavy atom. The number of thioether (sulfide) groups is 1. The van der Waals surface area contributed by atoms with Gasteiger partial charge >= 0.3 is 6.92 Å². The number of rotatable bonds is 7. The Hall–Kier alpha value is -2.51. The molecule has 3 rings (SSSR count). The van der Waals surface area contributed by atoms with Crippen molar-refractivity contribution in [3.05, 3.63) is 82.9 Å². The zero-order valence-electron chi connectivity index (χ0n) is 15.7. The Morgan fingerprint density at radius 3 is 2.46 bits per heavy atom. The van der Waals surface area contributed by atoms with Gasteiger partial charge in [0.1, 0.15) is 5.82 Å². The standard InChI is InChI=1S/C21H20BFN2O2S/c1-14-3-8-19(22(2)27)16(9-14)13-28-21-24-11-17(12-25-21)20(26)10-15-4-6-18(23)7-5-15/h3-9,11-12,27H,10,13H2,1-2H3. The van der Waals surface area contributed by atoms with E-state index in [1.807, 2.05) is 19.1 Å². The number of ketones is 1. The maximum Gasteiger partial charge on any atom is 0.320 e. The summed E-state index contributed by atoms with van der Waals surface area (Å²) in [6, 6.07) is 11.8. The number of hydrogen-bond acceptors (Lipinski definition) is 5. The topological polar surface area (TPSA) is 63.1 Å². The highest BCUT2D eigenvalue weighted by molar-refractivity contribution is 7.98. The first-order valence-electron chi connectivity index (χ1n) is 8.92. The lowest BCUT2D eigenvalue weighted by molar-refractivity contribution is 0.0992. The minimum absolute atomic E-state index is 0.113. The van der Waals surface area contributed by atoms with E-state index in [0.29, 0.717) is 16.5 Å². The molecule has 1 aromatic heterocycles. The van der Waals surface area contributed by atoms with Crippen LogP contribution in [0.15, 0.2) is 60.0 Å². The van der Waals surface area contributed by atoms with Crippen molar-refractivity contribution >= 4 is 29.9 Å². The summed E-state index contributed by atoms with van der Waals surface area (Å²) in [7, 11) is 0. The largest absolute Gasteiger partial charge is 0.446 e. The highest BCUT2D eigenvalue weighted by Gasteiger charge is 2.13. The van der Waals surface area contributed by atoms with Gasteiger partial charge in [0, 0.05) is 24.6 Å². The third-order valence-corrected chi connectivity index (χ3v) is 5.26. The molecule has 0 aliphatic rings. The molecule has 0 aliphatic carbocycles. The second-order valence-corrected chi connectivity index (χ2v) is 7.59. The maximum atomic E-state index is 13.0. The number of benzene rings is 2. The number of carbonyl (C=O) groups is 1. The van der Waals surface area contributed by atoms with Crippen LogP contribution in [0.1, 0.15) is 27.0 Å². The summed E-state index contributed by atoms with van der Waals surface area (Å²) < 4.78 is 13.0. The molecule has 7 heteroatoms. The van der Waals surface area contributed by atoms with Crippen LogP contribution in [-0.2, 0) is 12.2 Å². The van der Waals surface area contributed by atoms with E-state index in [4.69, 9.17) is 0 Å². The van der Waals surface area contributed by atoms with Crippen molar-refractivity contribution in [1.29, 1.82) is 0 Å². The maximum absolute atomic E-state index is 13.0. The second kappa shape index (κ2) is 9.12. The summed E-state index contributed by atoms with van der Waals surface area (Å²) in [4.78, 5) is 20.9. The van der Waals surface area contributed by atoms with Crippen LogP contribution < -0.4 is 5.46 Å². The second-order valence-electron chi connectivity index (χ2n) is 6.65. The van der Waals surface area contributed by atoms with Crippen LogP contribution in [0.5, 0.6) is 0 Å². The van der Waals surface area contributed by atoms with Crippen molar-refractivity contribution in [2.75, 3.05) is 0 Å². The fraction of sp³-hybridized carbons (Fsp3) is 0.190. The number of hydrogen-bond donors (Lipinski definition) is 1. The van der Waals surface area contributed by atoms with Gasteiger partial charge in [-0.25, -0.2) is 14.4 Å². The quantitative estimate of drug-likeness (QED) is 0.288. The molecule has 0 aliphatic heterocycles. The fourth-order valence-electron chi connectivity index (χ4n) is 2.83. The average molecular weight is 394 g/mol. The van der Waals surface area contributed by atoms with Crippen molar-refractivity contribution in [2.24, 2.45) is 0 Å². The van der Waals surface area contributed by atoms with E-state index in [-0.39, 0.29) is 18.0 Å². The van der Waals surface area contributed by atoms with Crippen molar-refractivity contribution in [3.8, 4) is 0 Å². The van der Waals surface area contributed by atoms with Gasteiger partial charge in [-0.05, 0) is 35.6 Å². The summed E-state index contributed by atoms with van der Waals surface area (Å²) in [6.07, 6.45) is 3.22. The average Bonchev–Trinajstić information content (AvgIpc) is 2.68. The first-order chi connectivity index (χ1) is 13.4. The molecule has 0 atom stereocenters. The molecule has 0 amide bonds. The number of aromatic nitrogens is 2. The van der Waals surface area contributed by atoms with E-state index in [1.165, 1.54) is 36.3 Å². The molecular weight excluding hydrogens is 374 g/mol. The zero-order valence-corrected chi connectivity index (χ0v) is 16.5. The lowest BCUT2D eigenvalue weighted by Crippen LogP contribution is -2.29. The van der Waals surface area contributed by atoms with E-state index in [1.54, 1.807) is 19.0 Å². The molecule has 1 heterocycles. The van der Waals surface area contributed by atoms with Crippen molar-refractivity contribution in [2.45, 2.75) is 31.1 Å². The van der Waals surface area contributed by atoms with Gasteiger partial charge in [-0.2, -0.15) is 0 Å². The number of halogens is 1. The van der Waals surface area contributed by atoms with Gasteiger partial charge in [0.05, 0.1) is 5.56 Å². The van der Waals surface area contributed by atoms with Gasteiger partial charge in [0.25, 0.3) is 0 Å². The van der Waals surface area contributed by atoms with E-state index in [9.17, 15) is 14.2 Å². The Morgan fingerprint density at radius 1 is 1.14 bits per heavy atom. The molecule has 0 radical (unpaired) electrons. The molecule has 142 valence electrons. The SMILES string of the molecule is CB(O)c1ccc(C)cc1CSc1ncc(C(=O)Cc2ccc(F)cc2)cn1. The highest BCUT2D eigenvalue weighted by Crippen LogP contribution is 2.19. The molecule has 3 aromatic rings. The van der Waals surface area contributed by atoms with Crippen molar-refractivity contribution in [3.63, 3.8) is 0 Å². The molecular formula is C21H20BFN2O2S. The number of carbonyl (C=O) groups excluding carboxylic acids is 1. The van der Waals surface area contributed by atoms with E-state index < -0.39 is 6.92 Å². The van der Waals surface area contributed by atoms with Crippen LogP contribution in [0, 0.1) is 12.7 Å². The zero-order chi connectivity index (χ0) is 20.1. The summed E-state index contributed by atoms with van der Waals surface area (Å²) >= 11 is 1.45.